The molecule has 2 N–H and O–H groups in total. The minimum Gasteiger partial charge on any atom is -0.466 e. The van der Waals surface area contributed by atoms with E-state index in [-0.39, 0.29) is 23.4 Å². The second-order valence-electron chi connectivity index (χ2n) is 9.17. The summed E-state index contributed by atoms with van der Waals surface area (Å²) in [6.45, 7) is 3.65. The largest absolute Gasteiger partial charge is 0.466 e. The summed E-state index contributed by atoms with van der Waals surface area (Å²) in [5, 5.41) is 5.95. The first kappa shape index (κ1) is 28.4. The number of halogens is 1. The van der Waals surface area contributed by atoms with Crippen molar-refractivity contribution in [3.63, 3.8) is 0 Å². The molecule has 4 rings (SSSR count). The van der Waals surface area contributed by atoms with Crippen LogP contribution in [0.15, 0.2) is 71.7 Å². The molecule has 1 saturated heterocycles. The fraction of sp³-hybridized carbons (Fsp3) is 0.226. The maximum absolute atomic E-state index is 13.0. The lowest BCUT2D eigenvalue weighted by molar-refractivity contribution is -0.149. The summed E-state index contributed by atoms with van der Waals surface area (Å²) in [5.74, 6) is 1.52. The highest BCUT2D eigenvalue weighted by Crippen LogP contribution is 2.24. The zero-order chi connectivity index (χ0) is 28.5. The lowest BCUT2D eigenvalue weighted by Gasteiger charge is -2.29. The highest BCUT2D eigenvalue weighted by Gasteiger charge is 2.24. The summed E-state index contributed by atoms with van der Waals surface area (Å²) in [7, 11) is 0. The second kappa shape index (κ2) is 13.5. The molecule has 0 saturated carbocycles. The third-order valence-electron chi connectivity index (χ3n) is 6.43. The van der Waals surface area contributed by atoms with Gasteiger partial charge < -0.3 is 20.3 Å². The van der Waals surface area contributed by atoms with Crippen LogP contribution >= 0.6 is 11.6 Å². The number of carbonyl (C=O) groups excluding carboxylic acids is 3. The Morgan fingerprint density at radius 2 is 1.73 bits per heavy atom. The number of hydrogen-bond donors (Lipinski definition) is 2. The molecular formula is C31H29ClN4O4. The molecule has 1 aliphatic rings. The number of nitrogens with one attached hydrogen (secondary N) is 2. The molecule has 40 heavy (non-hydrogen) atoms. The number of ether oxygens (including phenoxy) is 1. The van der Waals surface area contributed by atoms with Crippen molar-refractivity contribution in [2.45, 2.75) is 19.8 Å². The van der Waals surface area contributed by atoms with E-state index in [2.05, 4.69) is 26.4 Å². The van der Waals surface area contributed by atoms with Gasteiger partial charge in [0.1, 0.15) is 0 Å². The van der Waals surface area contributed by atoms with E-state index in [9.17, 15) is 14.4 Å². The first-order valence-electron chi connectivity index (χ1n) is 12.9. The maximum Gasteiger partial charge on any atom is 0.309 e. The van der Waals surface area contributed by atoms with Crippen LogP contribution in [0.2, 0.25) is 5.02 Å². The number of piperidine rings is 1. The van der Waals surface area contributed by atoms with E-state index in [1.165, 1.54) is 6.07 Å². The highest BCUT2D eigenvalue weighted by molar-refractivity contribution is 6.31. The predicted octanol–water partition coefficient (Wildman–Crippen LogP) is 5.76. The smallest absolute Gasteiger partial charge is 0.309 e. The van der Waals surface area contributed by atoms with Crippen molar-refractivity contribution in [1.82, 2.24) is 4.90 Å². The molecule has 204 valence electrons. The molecule has 1 heterocycles. The Labute approximate surface area is 238 Å². The normalized spacial score (nSPS) is 13.5. The standard InChI is InChI=1S/C31H29ClN4O4/c1-3-21-5-10-26(11-6-21)34-30(38)27-19-24(32)9-14-28(27)35-29(37)22-7-12-25(13-8-22)33-20-36-17-15-23(16-18-36)31(39)40-4-2/h1,5-14,19-20,23H,4,15-18H2,2H3,(H,34,38)(H,35,37)/b33-20+. The molecular weight excluding hydrogens is 528 g/mol. The maximum atomic E-state index is 13.0. The number of terminal acetylenes is 1. The molecule has 0 aromatic heterocycles. The van der Waals surface area contributed by atoms with Crippen LogP contribution in [0.3, 0.4) is 0 Å². The van der Waals surface area contributed by atoms with Gasteiger partial charge in [0.05, 0.1) is 35.8 Å². The van der Waals surface area contributed by atoms with Crippen LogP contribution in [0, 0.1) is 18.3 Å². The number of nitrogens with zero attached hydrogens (tertiary/aromatic N) is 2. The number of likely N-dealkylation sites (tertiary alicyclic amines) is 1. The van der Waals surface area contributed by atoms with Gasteiger partial charge in [-0.15, -0.1) is 6.42 Å². The minimum absolute atomic E-state index is 0.0601. The first-order valence-corrected chi connectivity index (χ1v) is 13.3. The Morgan fingerprint density at radius 1 is 1.02 bits per heavy atom. The van der Waals surface area contributed by atoms with Gasteiger partial charge in [-0.2, -0.15) is 0 Å². The summed E-state index contributed by atoms with van der Waals surface area (Å²) < 4.78 is 5.11. The molecule has 0 atom stereocenters. The van der Waals surface area contributed by atoms with Crippen molar-refractivity contribution < 1.29 is 19.1 Å². The number of rotatable bonds is 8. The Balaban J connectivity index is 1.37. The number of carbonyl (C=O) groups is 3. The van der Waals surface area contributed by atoms with Gasteiger partial charge in [0.2, 0.25) is 0 Å². The van der Waals surface area contributed by atoms with E-state index in [1.807, 2.05) is 6.92 Å². The number of esters is 1. The molecule has 0 radical (unpaired) electrons. The third-order valence-corrected chi connectivity index (χ3v) is 6.67. The van der Waals surface area contributed by atoms with Crippen LogP contribution in [0.25, 0.3) is 0 Å². The fourth-order valence-corrected chi connectivity index (χ4v) is 4.39. The van der Waals surface area contributed by atoms with Gasteiger partial charge in [-0.1, -0.05) is 17.5 Å². The van der Waals surface area contributed by atoms with Crippen molar-refractivity contribution in [2.24, 2.45) is 10.9 Å². The second-order valence-corrected chi connectivity index (χ2v) is 9.61. The molecule has 8 nitrogen and oxygen atoms in total. The average Bonchev–Trinajstić information content (AvgIpc) is 2.98. The monoisotopic (exact) mass is 556 g/mol. The van der Waals surface area contributed by atoms with Gasteiger partial charge in [-0.05, 0) is 86.5 Å². The van der Waals surface area contributed by atoms with Gasteiger partial charge in [0, 0.05) is 34.9 Å². The molecule has 2 amide bonds. The van der Waals surface area contributed by atoms with Crippen molar-refractivity contribution in [1.29, 1.82) is 0 Å². The van der Waals surface area contributed by atoms with E-state index < -0.39 is 5.91 Å². The quantitative estimate of drug-likeness (QED) is 0.159. The lowest BCUT2D eigenvalue weighted by Crippen LogP contribution is -2.36. The molecule has 0 spiro atoms. The van der Waals surface area contributed by atoms with Crippen molar-refractivity contribution >= 4 is 52.8 Å². The van der Waals surface area contributed by atoms with Crippen LogP contribution < -0.4 is 10.6 Å². The zero-order valence-electron chi connectivity index (χ0n) is 22.0. The van der Waals surface area contributed by atoms with Gasteiger partial charge in [0.15, 0.2) is 0 Å². The molecule has 0 bridgehead atoms. The van der Waals surface area contributed by atoms with E-state index in [4.69, 9.17) is 22.8 Å². The summed E-state index contributed by atoms with van der Waals surface area (Å²) >= 11 is 6.14. The number of amides is 2. The third kappa shape index (κ3) is 7.49. The van der Waals surface area contributed by atoms with Crippen molar-refractivity contribution in [3.8, 4) is 12.3 Å². The summed E-state index contributed by atoms with van der Waals surface area (Å²) in [6.07, 6.45) is 8.60. The summed E-state index contributed by atoms with van der Waals surface area (Å²) in [5.41, 5.74) is 2.88. The number of hydrogen-bond acceptors (Lipinski definition) is 5. The first-order chi connectivity index (χ1) is 19.4. The van der Waals surface area contributed by atoms with Crippen molar-refractivity contribution in [2.75, 3.05) is 30.3 Å². The van der Waals surface area contributed by atoms with Crippen LogP contribution in [-0.2, 0) is 9.53 Å². The van der Waals surface area contributed by atoms with Crippen LogP contribution in [-0.4, -0.2) is 48.7 Å². The van der Waals surface area contributed by atoms with Gasteiger partial charge in [-0.25, -0.2) is 4.99 Å². The molecule has 0 unspecified atom stereocenters. The highest BCUT2D eigenvalue weighted by atomic mass is 35.5. The van der Waals surface area contributed by atoms with E-state index in [0.717, 1.165) is 25.9 Å². The lowest BCUT2D eigenvalue weighted by atomic mass is 9.97. The predicted molar refractivity (Wildman–Crippen MR) is 157 cm³/mol. The van der Waals surface area contributed by atoms with E-state index in [0.29, 0.717) is 39.8 Å². The number of benzene rings is 3. The summed E-state index contributed by atoms with van der Waals surface area (Å²) in [4.78, 5) is 44.4. The Hall–Kier alpha value is -4.61. The Kier molecular flexibility index (Phi) is 9.55. The Bertz CT molecular complexity index is 1440. The average molecular weight is 557 g/mol. The molecule has 0 aliphatic carbocycles. The molecule has 3 aromatic rings. The number of aliphatic imine (C=N–C) groups is 1. The number of anilines is 2. The van der Waals surface area contributed by atoms with Crippen LogP contribution in [0.1, 0.15) is 46.0 Å². The SMILES string of the molecule is C#Cc1ccc(NC(=O)c2cc(Cl)ccc2NC(=O)c2ccc(/N=C/N3CCC(C(=O)OCC)CC3)cc2)cc1. The van der Waals surface area contributed by atoms with Gasteiger partial charge >= 0.3 is 5.97 Å². The Morgan fingerprint density at radius 3 is 2.38 bits per heavy atom. The van der Waals surface area contributed by atoms with E-state index >= 15 is 0 Å². The van der Waals surface area contributed by atoms with Crippen LogP contribution in [0.4, 0.5) is 17.1 Å². The molecule has 9 heteroatoms. The van der Waals surface area contributed by atoms with E-state index in [1.54, 1.807) is 67.0 Å². The fourth-order valence-electron chi connectivity index (χ4n) is 4.21. The van der Waals surface area contributed by atoms with Gasteiger partial charge in [0.25, 0.3) is 11.8 Å². The van der Waals surface area contributed by atoms with Crippen molar-refractivity contribution in [3.05, 3.63) is 88.4 Å². The van der Waals surface area contributed by atoms with Gasteiger partial charge in [-0.3, -0.25) is 14.4 Å². The molecule has 1 aliphatic heterocycles. The topological polar surface area (TPSA) is 100 Å². The minimum atomic E-state index is -0.428. The zero-order valence-corrected chi connectivity index (χ0v) is 22.8. The molecule has 1 fully saturated rings. The van der Waals surface area contributed by atoms with Crippen LogP contribution in [0.5, 0.6) is 0 Å². The molecule has 3 aromatic carbocycles. The summed E-state index contributed by atoms with van der Waals surface area (Å²) in [6, 6.07) is 18.3.